The van der Waals surface area contributed by atoms with Crippen LogP contribution in [-0.2, 0) is 4.79 Å². The Morgan fingerprint density at radius 2 is 2.57 bits per heavy atom. The van der Waals surface area contributed by atoms with Gasteiger partial charge in [0.25, 0.3) is 0 Å². The van der Waals surface area contributed by atoms with E-state index in [-0.39, 0.29) is 11.2 Å². The molecule has 1 heterocycles. The Bertz CT molecular complexity index is 313. The number of nitrogens with zero attached hydrogens (tertiary/aromatic N) is 1. The smallest absolute Gasteiger partial charge is 0.247 e. The standard InChI is InChI=1S/C8H13N3OS2/c1-3-6(7(12)11-9)14-8-10-5(2)4-13-8/h4,6H,3,9H2,1-2H3,(H,11,12). The van der Waals surface area contributed by atoms with Crippen molar-refractivity contribution in [1.82, 2.24) is 10.4 Å². The molecule has 78 valence electrons. The van der Waals surface area contributed by atoms with Crippen molar-refractivity contribution in [3.05, 3.63) is 11.1 Å². The molecule has 14 heavy (non-hydrogen) atoms. The third kappa shape index (κ3) is 2.97. The summed E-state index contributed by atoms with van der Waals surface area (Å²) in [5.41, 5.74) is 3.15. The van der Waals surface area contributed by atoms with Gasteiger partial charge < -0.3 is 0 Å². The first-order valence-corrected chi connectivity index (χ1v) is 6.02. The fraction of sp³-hybridized carbons (Fsp3) is 0.500. The van der Waals surface area contributed by atoms with Gasteiger partial charge in [-0.05, 0) is 13.3 Å². The number of thioether (sulfide) groups is 1. The summed E-state index contributed by atoms with van der Waals surface area (Å²) in [7, 11) is 0. The minimum absolute atomic E-state index is 0.148. The van der Waals surface area contributed by atoms with Crippen LogP contribution in [0.4, 0.5) is 0 Å². The zero-order chi connectivity index (χ0) is 10.6. The number of carbonyl (C=O) groups excluding carboxylic acids is 1. The molecule has 1 unspecified atom stereocenters. The van der Waals surface area contributed by atoms with E-state index in [0.717, 1.165) is 16.5 Å². The van der Waals surface area contributed by atoms with Crippen LogP contribution < -0.4 is 11.3 Å². The molecule has 0 fully saturated rings. The molecule has 0 saturated heterocycles. The summed E-state index contributed by atoms with van der Waals surface area (Å²) >= 11 is 3.01. The van der Waals surface area contributed by atoms with E-state index < -0.39 is 0 Å². The Balaban J connectivity index is 2.61. The van der Waals surface area contributed by atoms with Gasteiger partial charge in [0.1, 0.15) is 0 Å². The maximum absolute atomic E-state index is 11.3. The number of thiazole rings is 1. The van der Waals surface area contributed by atoms with Crippen molar-refractivity contribution in [1.29, 1.82) is 0 Å². The van der Waals surface area contributed by atoms with Crippen LogP contribution >= 0.6 is 23.1 Å². The van der Waals surface area contributed by atoms with Crippen LogP contribution in [0.3, 0.4) is 0 Å². The average molecular weight is 231 g/mol. The molecule has 0 aromatic carbocycles. The third-order valence-electron chi connectivity index (χ3n) is 1.65. The van der Waals surface area contributed by atoms with Crippen LogP contribution in [0.1, 0.15) is 19.0 Å². The topological polar surface area (TPSA) is 68.0 Å². The molecule has 0 aliphatic carbocycles. The Labute approximate surface area is 91.3 Å². The van der Waals surface area contributed by atoms with Crippen LogP contribution in [0, 0.1) is 6.92 Å². The molecule has 6 heteroatoms. The van der Waals surface area contributed by atoms with E-state index in [2.05, 4.69) is 10.4 Å². The number of carbonyl (C=O) groups is 1. The molecule has 1 atom stereocenters. The van der Waals surface area contributed by atoms with Gasteiger partial charge in [0.2, 0.25) is 5.91 Å². The van der Waals surface area contributed by atoms with E-state index in [1.807, 2.05) is 19.2 Å². The second kappa shape index (κ2) is 5.33. The quantitative estimate of drug-likeness (QED) is 0.355. The summed E-state index contributed by atoms with van der Waals surface area (Å²) in [6, 6.07) is 0. The minimum Gasteiger partial charge on any atom is -0.293 e. The summed E-state index contributed by atoms with van der Waals surface area (Å²) in [5.74, 6) is 4.93. The fourth-order valence-electron chi connectivity index (χ4n) is 0.923. The highest BCUT2D eigenvalue weighted by Gasteiger charge is 2.17. The molecular formula is C8H13N3OS2. The third-order valence-corrected chi connectivity index (χ3v) is 4.10. The van der Waals surface area contributed by atoms with E-state index in [9.17, 15) is 4.79 Å². The molecule has 0 bridgehead atoms. The maximum Gasteiger partial charge on any atom is 0.247 e. The predicted octanol–water partition coefficient (Wildman–Crippen LogP) is 1.31. The Kier molecular flexibility index (Phi) is 4.37. The first kappa shape index (κ1) is 11.5. The van der Waals surface area contributed by atoms with E-state index in [1.165, 1.54) is 11.8 Å². The molecule has 0 spiro atoms. The summed E-state index contributed by atoms with van der Waals surface area (Å²) in [5, 5.41) is 1.82. The molecule has 1 amide bonds. The number of nitrogens with one attached hydrogen (secondary N) is 1. The largest absolute Gasteiger partial charge is 0.293 e. The summed E-state index contributed by atoms with van der Waals surface area (Å²) in [6.45, 7) is 3.89. The molecule has 0 saturated carbocycles. The van der Waals surface area contributed by atoms with Gasteiger partial charge in [0, 0.05) is 11.1 Å². The Morgan fingerprint density at radius 3 is 3.00 bits per heavy atom. The first-order valence-electron chi connectivity index (χ1n) is 4.26. The zero-order valence-corrected chi connectivity index (χ0v) is 9.74. The number of amides is 1. The lowest BCUT2D eigenvalue weighted by atomic mass is 10.3. The van der Waals surface area contributed by atoms with Gasteiger partial charge in [-0.2, -0.15) is 0 Å². The highest BCUT2D eigenvalue weighted by atomic mass is 32.2. The lowest BCUT2D eigenvalue weighted by Crippen LogP contribution is -2.37. The molecule has 3 N–H and O–H groups in total. The van der Waals surface area contributed by atoms with Crippen LogP contribution in [0.2, 0.25) is 0 Å². The molecule has 0 aliphatic rings. The number of rotatable bonds is 4. The van der Waals surface area contributed by atoms with E-state index in [1.54, 1.807) is 11.3 Å². The van der Waals surface area contributed by atoms with Crippen molar-refractivity contribution in [2.75, 3.05) is 0 Å². The lowest BCUT2D eigenvalue weighted by Gasteiger charge is -2.09. The molecule has 1 aromatic rings. The zero-order valence-electron chi connectivity index (χ0n) is 8.11. The SMILES string of the molecule is CCC(Sc1nc(C)cs1)C(=O)NN. The van der Waals surface area contributed by atoms with Gasteiger partial charge in [0.15, 0.2) is 4.34 Å². The van der Waals surface area contributed by atoms with Crippen molar-refractivity contribution in [2.45, 2.75) is 29.9 Å². The number of aryl methyl sites for hydroxylation is 1. The fourth-order valence-corrected chi connectivity index (χ4v) is 2.94. The Morgan fingerprint density at radius 1 is 1.86 bits per heavy atom. The predicted molar refractivity (Wildman–Crippen MR) is 59.1 cm³/mol. The number of nitrogens with two attached hydrogens (primary N) is 1. The molecule has 0 aliphatic heterocycles. The number of hydrazine groups is 1. The van der Waals surface area contributed by atoms with Crippen LogP contribution in [0.5, 0.6) is 0 Å². The summed E-state index contributed by atoms with van der Waals surface area (Å²) in [6.07, 6.45) is 0.742. The Hall–Kier alpha value is -0.590. The minimum atomic E-state index is -0.148. The van der Waals surface area contributed by atoms with Gasteiger partial charge in [0.05, 0.1) is 5.25 Å². The normalized spacial score (nSPS) is 12.5. The molecular weight excluding hydrogens is 218 g/mol. The van der Waals surface area contributed by atoms with Crippen LogP contribution in [0.15, 0.2) is 9.72 Å². The first-order chi connectivity index (χ1) is 6.67. The average Bonchev–Trinajstić information content (AvgIpc) is 2.59. The number of aromatic nitrogens is 1. The number of hydrogen-bond acceptors (Lipinski definition) is 5. The number of hydrogen-bond donors (Lipinski definition) is 2. The van der Waals surface area contributed by atoms with Crippen molar-refractivity contribution in [3.63, 3.8) is 0 Å². The van der Waals surface area contributed by atoms with Crippen molar-refractivity contribution >= 4 is 29.0 Å². The van der Waals surface area contributed by atoms with E-state index in [0.29, 0.717) is 0 Å². The van der Waals surface area contributed by atoms with Crippen LogP contribution in [0.25, 0.3) is 0 Å². The summed E-state index contributed by atoms with van der Waals surface area (Å²) in [4.78, 5) is 15.5. The van der Waals surface area contributed by atoms with Crippen LogP contribution in [-0.4, -0.2) is 16.1 Å². The molecule has 1 aromatic heterocycles. The molecule has 1 rings (SSSR count). The maximum atomic E-state index is 11.3. The molecule has 0 radical (unpaired) electrons. The van der Waals surface area contributed by atoms with Crippen molar-refractivity contribution < 1.29 is 4.79 Å². The van der Waals surface area contributed by atoms with Crippen molar-refractivity contribution in [2.24, 2.45) is 5.84 Å². The van der Waals surface area contributed by atoms with Gasteiger partial charge >= 0.3 is 0 Å². The van der Waals surface area contributed by atoms with Gasteiger partial charge in [-0.1, -0.05) is 18.7 Å². The molecule has 4 nitrogen and oxygen atoms in total. The van der Waals surface area contributed by atoms with E-state index in [4.69, 9.17) is 5.84 Å². The highest BCUT2D eigenvalue weighted by Crippen LogP contribution is 2.28. The van der Waals surface area contributed by atoms with Gasteiger partial charge in [-0.15, -0.1) is 11.3 Å². The van der Waals surface area contributed by atoms with Gasteiger partial charge in [-0.25, -0.2) is 10.8 Å². The highest BCUT2D eigenvalue weighted by molar-refractivity contribution is 8.02. The lowest BCUT2D eigenvalue weighted by molar-refractivity contribution is -0.120. The van der Waals surface area contributed by atoms with Crippen molar-refractivity contribution in [3.8, 4) is 0 Å². The second-order valence-corrected chi connectivity index (χ2v) is 5.09. The van der Waals surface area contributed by atoms with E-state index >= 15 is 0 Å². The monoisotopic (exact) mass is 231 g/mol. The second-order valence-electron chi connectivity index (χ2n) is 2.78. The van der Waals surface area contributed by atoms with Gasteiger partial charge in [-0.3, -0.25) is 10.2 Å². The summed E-state index contributed by atoms with van der Waals surface area (Å²) < 4.78 is 0.915.